The van der Waals surface area contributed by atoms with Gasteiger partial charge in [-0.15, -0.1) is 0 Å². The highest BCUT2D eigenvalue weighted by Crippen LogP contribution is 2.31. The number of hydrogen-bond donors (Lipinski definition) is 1. The molecule has 2 rings (SSSR count). The van der Waals surface area contributed by atoms with E-state index in [-0.39, 0.29) is 5.92 Å². The first kappa shape index (κ1) is 14.8. The molecule has 1 N–H and O–H groups in total. The Morgan fingerprint density at radius 3 is 1.90 bits per heavy atom. The summed E-state index contributed by atoms with van der Waals surface area (Å²) in [6, 6.07) is 18.6. The van der Waals surface area contributed by atoms with Crippen LogP contribution in [0.4, 0.5) is 0 Å². The summed E-state index contributed by atoms with van der Waals surface area (Å²) in [4.78, 5) is 0. The molecule has 0 bridgehead atoms. The van der Waals surface area contributed by atoms with Gasteiger partial charge >= 0.3 is 0 Å². The number of benzene rings is 2. The van der Waals surface area contributed by atoms with E-state index in [0.717, 1.165) is 12.0 Å². The molecule has 20 heavy (non-hydrogen) atoms. The molecule has 2 aromatic carbocycles. The van der Waals surface area contributed by atoms with Crippen LogP contribution >= 0.6 is 0 Å². The van der Waals surface area contributed by atoms with Crippen molar-refractivity contribution in [2.75, 3.05) is 0 Å². The molecule has 0 saturated heterocycles. The van der Waals surface area contributed by atoms with Crippen molar-refractivity contribution in [1.82, 2.24) is 0 Å². The molecule has 0 spiro atoms. The van der Waals surface area contributed by atoms with Gasteiger partial charge in [0.25, 0.3) is 0 Å². The monoisotopic (exact) mass is 268 g/mol. The van der Waals surface area contributed by atoms with E-state index in [1.54, 1.807) is 0 Å². The summed E-state index contributed by atoms with van der Waals surface area (Å²) in [5, 5.41) is 10.5. The maximum atomic E-state index is 10.5. The zero-order chi connectivity index (χ0) is 14.5. The fourth-order valence-corrected chi connectivity index (χ4v) is 2.48. The fraction of sp³-hybridized carbons (Fsp3) is 0.368. The predicted octanol–water partition coefficient (Wildman–Crippen LogP) is 5.04. The Hall–Kier alpha value is -1.60. The van der Waals surface area contributed by atoms with Gasteiger partial charge in [-0.3, -0.25) is 0 Å². The summed E-state index contributed by atoms with van der Waals surface area (Å²) in [5.74, 6) is 0.679. The van der Waals surface area contributed by atoms with Crippen LogP contribution in [0.2, 0.25) is 0 Å². The van der Waals surface area contributed by atoms with Gasteiger partial charge in [-0.2, -0.15) is 0 Å². The number of aliphatic hydroxyl groups is 1. The molecule has 0 amide bonds. The standard InChI is InChI=1S/C19H24O/c1-4-14(2)16-10-12-18(13-11-16)19(20)15(3)17-8-6-5-7-9-17/h5-15,19-20H,4H2,1-3H3. The highest BCUT2D eigenvalue weighted by atomic mass is 16.3. The van der Waals surface area contributed by atoms with Crippen molar-refractivity contribution in [3.05, 3.63) is 71.3 Å². The van der Waals surface area contributed by atoms with Gasteiger partial charge in [-0.1, -0.05) is 75.4 Å². The minimum atomic E-state index is -0.455. The normalized spacial score (nSPS) is 15.6. The van der Waals surface area contributed by atoms with E-state index in [1.165, 1.54) is 11.1 Å². The third-order valence-electron chi connectivity index (χ3n) is 4.26. The Morgan fingerprint density at radius 2 is 1.35 bits per heavy atom. The van der Waals surface area contributed by atoms with Gasteiger partial charge < -0.3 is 5.11 Å². The topological polar surface area (TPSA) is 20.2 Å². The fourth-order valence-electron chi connectivity index (χ4n) is 2.48. The molecule has 1 nitrogen and oxygen atoms in total. The van der Waals surface area contributed by atoms with Crippen LogP contribution < -0.4 is 0 Å². The number of hydrogen-bond acceptors (Lipinski definition) is 1. The minimum Gasteiger partial charge on any atom is -0.388 e. The Morgan fingerprint density at radius 1 is 0.800 bits per heavy atom. The van der Waals surface area contributed by atoms with Gasteiger partial charge in [0.2, 0.25) is 0 Å². The zero-order valence-corrected chi connectivity index (χ0v) is 12.6. The lowest BCUT2D eigenvalue weighted by Gasteiger charge is -2.20. The lowest BCUT2D eigenvalue weighted by Crippen LogP contribution is -2.07. The first-order valence-corrected chi connectivity index (χ1v) is 7.46. The van der Waals surface area contributed by atoms with E-state index in [0.29, 0.717) is 5.92 Å². The third-order valence-corrected chi connectivity index (χ3v) is 4.26. The quantitative estimate of drug-likeness (QED) is 0.805. The third kappa shape index (κ3) is 3.29. The number of rotatable bonds is 5. The van der Waals surface area contributed by atoms with Gasteiger partial charge in [0.05, 0.1) is 6.10 Å². The Balaban J connectivity index is 2.15. The Labute approximate surface area is 122 Å². The van der Waals surface area contributed by atoms with E-state index >= 15 is 0 Å². The van der Waals surface area contributed by atoms with Crippen molar-refractivity contribution in [2.45, 2.75) is 45.1 Å². The molecule has 0 aliphatic heterocycles. The van der Waals surface area contributed by atoms with E-state index < -0.39 is 6.10 Å². The molecule has 3 unspecified atom stereocenters. The lowest BCUT2D eigenvalue weighted by atomic mass is 9.89. The maximum Gasteiger partial charge on any atom is 0.0855 e. The summed E-state index contributed by atoms with van der Waals surface area (Å²) in [7, 11) is 0. The molecule has 0 aliphatic carbocycles. The van der Waals surface area contributed by atoms with Gasteiger partial charge in [0, 0.05) is 5.92 Å². The lowest BCUT2D eigenvalue weighted by molar-refractivity contribution is 0.151. The Bertz CT molecular complexity index is 515. The zero-order valence-electron chi connectivity index (χ0n) is 12.6. The second kappa shape index (κ2) is 6.71. The van der Waals surface area contributed by atoms with Gasteiger partial charge in [-0.05, 0) is 29.0 Å². The van der Waals surface area contributed by atoms with Crippen molar-refractivity contribution in [3.63, 3.8) is 0 Å². The van der Waals surface area contributed by atoms with Crippen LogP contribution in [0, 0.1) is 0 Å². The first-order chi connectivity index (χ1) is 9.63. The summed E-state index contributed by atoms with van der Waals surface area (Å²) < 4.78 is 0. The van der Waals surface area contributed by atoms with Crippen molar-refractivity contribution >= 4 is 0 Å². The van der Waals surface area contributed by atoms with Gasteiger partial charge in [0.1, 0.15) is 0 Å². The van der Waals surface area contributed by atoms with Crippen LogP contribution in [0.5, 0.6) is 0 Å². The van der Waals surface area contributed by atoms with Crippen LogP contribution in [0.1, 0.15) is 61.8 Å². The van der Waals surface area contributed by atoms with Crippen LogP contribution in [-0.2, 0) is 0 Å². The second-order valence-electron chi connectivity index (χ2n) is 5.62. The smallest absolute Gasteiger partial charge is 0.0855 e. The summed E-state index contributed by atoms with van der Waals surface area (Å²) >= 11 is 0. The second-order valence-corrected chi connectivity index (χ2v) is 5.62. The molecule has 0 aliphatic rings. The van der Waals surface area contributed by atoms with Crippen molar-refractivity contribution < 1.29 is 5.11 Å². The van der Waals surface area contributed by atoms with Gasteiger partial charge in [0.15, 0.2) is 0 Å². The molecule has 0 fully saturated rings. The largest absolute Gasteiger partial charge is 0.388 e. The number of aliphatic hydroxyl groups excluding tert-OH is 1. The average Bonchev–Trinajstić information content (AvgIpc) is 2.53. The average molecular weight is 268 g/mol. The van der Waals surface area contributed by atoms with Crippen LogP contribution in [-0.4, -0.2) is 5.11 Å². The van der Waals surface area contributed by atoms with Crippen molar-refractivity contribution in [3.8, 4) is 0 Å². The molecular formula is C19H24O. The molecule has 0 radical (unpaired) electrons. The van der Waals surface area contributed by atoms with E-state index in [9.17, 15) is 5.11 Å². The molecule has 0 saturated carbocycles. The highest BCUT2D eigenvalue weighted by molar-refractivity contribution is 5.29. The molecule has 0 heterocycles. The molecule has 0 aromatic heterocycles. The van der Waals surface area contributed by atoms with Crippen molar-refractivity contribution in [2.24, 2.45) is 0 Å². The molecule has 2 aromatic rings. The van der Waals surface area contributed by atoms with E-state index in [2.05, 4.69) is 57.2 Å². The molecule has 106 valence electrons. The van der Waals surface area contributed by atoms with Gasteiger partial charge in [-0.25, -0.2) is 0 Å². The van der Waals surface area contributed by atoms with E-state index in [4.69, 9.17) is 0 Å². The SMILES string of the molecule is CCC(C)c1ccc(C(O)C(C)c2ccccc2)cc1. The minimum absolute atomic E-state index is 0.102. The molecule has 1 heteroatoms. The highest BCUT2D eigenvalue weighted by Gasteiger charge is 2.18. The summed E-state index contributed by atoms with van der Waals surface area (Å²) in [6.45, 7) is 6.51. The van der Waals surface area contributed by atoms with Crippen LogP contribution in [0.3, 0.4) is 0 Å². The van der Waals surface area contributed by atoms with Crippen molar-refractivity contribution in [1.29, 1.82) is 0 Å². The van der Waals surface area contributed by atoms with E-state index in [1.807, 2.05) is 18.2 Å². The molecule has 3 atom stereocenters. The van der Waals surface area contributed by atoms with Crippen LogP contribution in [0.25, 0.3) is 0 Å². The predicted molar refractivity (Wildman–Crippen MR) is 85.0 cm³/mol. The molecular weight excluding hydrogens is 244 g/mol. The maximum absolute atomic E-state index is 10.5. The first-order valence-electron chi connectivity index (χ1n) is 7.46. The van der Waals surface area contributed by atoms with Crippen LogP contribution in [0.15, 0.2) is 54.6 Å². The summed E-state index contributed by atoms with van der Waals surface area (Å²) in [6.07, 6.45) is 0.686. The summed E-state index contributed by atoms with van der Waals surface area (Å²) in [5.41, 5.74) is 3.51. The Kier molecular flexibility index (Phi) is 4.97.